The second kappa shape index (κ2) is 5.86. The number of rotatable bonds is 4. The monoisotopic (exact) mass is 274 g/mol. The van der Waals surface area contributed by atoms with Gasteiger partial charge in [0.05, 0.1) is 6.04 Å². The molecule has 0 spiro atoms. The summed E-state index contributed by atoms with van der Waals surface area (Å²) in [5.74, 6) is 1.20. The van der Waals surface area contributed by atoms with E-state index in [0.29, 0.717) is 11.5 Å². The number of aromatic nitrogens is 2. The van der Waals surface area contributed by atoms with Crippen molar-refractivity contribution in [2.45, 2.75) is 13.0 Å². The van der Waals surface area contributed by atoms with E-state index in [4.69, 9.17) is 0 Å². The summed E-state index contributed by atoms with van der Waals surface area (Å²) in [5, 5.41) is 0. The second-order valence-electron chi connectivity index (χ2n) is 4.92. The smallest absolute Gasteiger partial charge is 0.226 e. The van der Waals surface area contributed by atoms with Crippen LogP contribution in [0, 0.1) is 5.82 Å². The van der Waals surface area contributed by atoms with Crippen molar-refractivity contribution in [3.63, 3.8) is 0 Å². The second-order valence-corrected chi connectivity index (χ2v) is 4.92. The zero-order valence-corrected chi connectivity index (χ0v) is 12.2. The Bertz CT molecular complexity index is 586. The molecule has 20 heavy (non-hydrogen) atoms. The highest BCUT2D eigenvalue weighted by Gasteiger charge is 2.17. The summed E-state index contributed by atoms with van der Waals surface area (Å²) in [5.41, 5.74) is 0.653. The number of nitrogens with zero attached hydrogens (tertiary/aromatic N) is 4. The third-order valence-electron chi connectivity index (χ3n) is 3.33. The SMILES string of the molecule is CC(c1ccccc1F)N(C)c1ccnc(N(C)C)n1. The van der Waals surface area contributed by atoms with Crippen LogP contribution in [0.25, 0.3) is 0 Å². The van der Waals surface area contributed by atoms with Gasteiger partial charge < -0.3 is 9.80 Å². The van der Waals surface area contributed by atoms with Crippen molar-refractivity contribution in [1.82, 2.24) is 9.97 Å². The minimum atomic E-state index is -0.200. The normalized spacial score (nSPS) is 12.1. The molecule has 1 aromatic heterocycles. The van der Waals surface area contributed by atoms with Gasteiger partial charge in [-0.25, -0.2) is 9.37 Å². The molecule has 1 aromatic carbocycles. The molecule has 0 aliphatic carbocycles. The lowest BCUT2D eigenvalue weighted by atomic mass is 10.1. The van der Waals surface area contributed by atoms with Gasteiger partial charge in [-0.05, 0) is 19.1 Å². The number of hydrogen-bond donors (Lipinski definition) is 0. The maximum Gasteiger partial charge on any atom is 0.226 e. The average molecular weight is 274 g/mol. The van der Waals surface area contributed by atoms with E-state index < -0.39 is 0 Å². The Kier molecular flexibility index (Phi) is 4.17. The molecule has 0 bridgehead atoms. The maximum atomic E-state index is 13.9. The Hall–Kier alpha value is -2.17. The van der Waals surface area contributed by atoms with E-state index in [2.05, 4.69) is 9.97 Å². The molecule has 0 amide bonds. The van der Waals surface area contributed by atoms with Crippen LogP contribution in [0.5, 0.6) is 0 Å². The Morgan fingerprint density at radius 1 is 1.10 bits per heavy atom. The fourth-order valence-corrected chi connectivity index (χ4v) is 1.97. The fraction of sp³-hybridized carbons (Fsp3) is 0.333. The lowest BCUT2D eigenvalue weighted by Gasteiger charge is -2.27. The van der Waals surface area contributed by atoms with Gasteiger partial charge in [0.1, 0.15) is 11.6 Å². The molecule has 0 saturated carbocycles. The predicted molar refractivity (Wildman–Crippen MR) is 79.6 cm³/mol. The summed E-state index contributed by atoms with van der Waals surface area (Å²) in [7, 11) is 5.68. The van der Waals surface area contributed by atoms with Crippen molar-refractivity contribution in [1.29, 1.82) is 0 Å². The van der Waals surface area contributed by atoms with Crippen LogP contribution in [0.3, 0.4) is 0 Å². The van der Waals surface area contributed by atoms with Crippen LogP contribution in [0.15, 0.2) is 36.5 Å². The van der Waals surface area contributed by atoms with Crippen molar-refractivity contribution in [2.75, 3.05) is 30.9 Å². The molecular weight excluding hydrogens is 255 g/mol. The Morgan fingerprint density at radius 3 is 2.45 bits per heavy atom. The van der Waals surface area contributed by atoms with E-state index in [1.54, 1.807) is 18.3 Å². The number of anilines is 2. The zero-order chi connectivity index (χ0) is 14.7. The molecule has 0 N–H and O–H groups in total. The lowest BCUT2D eigenvalue weighted by molar-refractivity contribution is 0.584. The first-order valence-corrected chi connectivity index (χ1v) is 6.48. The number of halogens is 1. The molecule has 0 aliphatic rings. The molecule has 4 nitrogen and oxygen atoms in total. The third kappa shape index (κ3) is 2.87. The summed E-state index contributed by atoms with van der Waals surface area (Å²) >= 11 is 0. The first kappa shape index (κ1) is 14.2. The van der Waals surface area contributed by atoms with Gasteiger partial charge in [-0.1, -0.05) is 18.2 Å². The average Bonchev–Trinajstić information content (AvgIpc) is 2.46. The molecule has 0 saturated heterocycles. The van der Waals surface area contributed by atoms with Gasteiger partial charge in [-0.3, -0.25) is 0 Å². The number of benzene rings is 1. The standard InChI is InChI=1S/C15H19FN4/c1-11(12-7-5-6-8-13(12)16)20(4)14-9-10-17-15(18-14)19(2)3/h5-11H,1-4H3. The van der Waals surface area contributed by atoms with E-state index in [1.165, 1.54) is 6.07 Å². The van der Waals surface area contributed by atoms with Crippen molar-refractivity contribution < 1.29 is 4.39 Å². The van der Waals surface area contributed by atoms with Gasteiger partial charge in [-0.15, -0.1) is 0 Å². The first-order valence-electron chi connectivity index (χ1n) is 6.48. The van der Waals surface area contributed by atoms with E-state index in [9.17, 15) is 4.39 Å². The molecule has 0 aliphatic heterocycles. The lowest BCUT2D eigenvalue weighted by Crippen LogP contribution is -2.24. The van der Waals surface area contributed by atoms with Gasteiger partial charge >= 0.3 is 0 Å². The highest BCUT2D eigenvalue weighted by atomic mass is 19.1. The van der Waals surface area contributed by atoms with E-state index in [-0.39, 0.29) is 11.9 Å². The largest absolute Gasteiger partial charge is 0.353 e. The summed E-state index contributed by atoms with van der Waals surface area (Å²) in [6.45, 7) is 1.95. The van der Waals surface area contributed by atoms with Crippen LogP contribution in [0.4, 0.5) is 16.2 Å². The molecule has 5 heteroatoms. The molecule has 1 unspecified atom stereocenters. The van der Waals surface area contributed by atoms with E-state index in [0.717, 1.165) is 5.82 Å². The van der Waals surface area contributed by atoms with Crippen molar-refractivity contribution in [3.05, 3.63) is 47.9 Å². The first-order chi connectivity index (χ1) is 9.50. The van der Waals surface area contributed by atoms with Crippen molar-refractivity contribution >= 4 is 11.8 Å². The highest BCUT2D eigenvalue weighted by Crippen LogP contribution is 2.26. The van der Waals surface area contributed by atoms with Gasteiger partial charge in [-0.2, -0.15) is 4.98 Å². The topological polar surface area (TPSA) is 32.3 Å². The molecule has 0 radical (unpaired) electrons. The molecule has 0 fully saturated rings. The van der Waals surface area contributed by atoms with Crippen LogP contribution >= 0.6 is 0 Å². The Morgan fingerprint density at radius 2 is 1.80 bits per heavy atom. The summed E-state index contributed by atoms with van der Waals surface area (Å²) in [4.78, 5) is 12.4. The van der Waals surface area contributed by atoms with Gasteiger partial charge in [0, 0.05) is 32.9 Å². The molecule has 2 rings (SSSR count). The molecular formula is C15H19FN4. The van der Waals surface area contributed by atoms with Gasteiger partial charge in [0.25, 0.3) is 0 Å². The van der Waals surface area contributed by atoms with Gasteiger partial charge in [0.15, 0.2) is 0 Å². The third-order valence-corrected chi connectivity index (χ3v) is 3.33. The molecule has 2 aromatic rings. The van der Waals surface area contributed by atoms with Crippen LogP contribution in [0.1, 0.15) is 18.5 Å². The molecule has 1 heterocycles. The minimum Gasteiger partial charge on any atom is -0.353 e. The van der Waals surface area contributed by atoms with Crippen molar-refractivity contribution in [2.24, 2.45) is 0 Å². The Balaban J connectivity index is 2.29. The predicted octanol–water partition coefficient (Wildman–Crippen LogP) is 2.88. The number of hydrogen-bond acceptors (Lipinski definition) is 4. The van der Waals surface area contributed by atoms with E-state index >= 15 is 0 Å². The van der Waals surface area contributed by atoms with Crippen LogP contribution in [-0.2, 0) is 0 Å². The quantitative estimate of drug-likeness (QED) is 0.858. The van der Waals surface area contributed by atoms with Crippen LogP contribution in [0.2, 0.25) is 0 Å². The van der Waals surface area contributed by atoms with Crippen molar-refractivity contribution in [3.8, 4) is 0 Å². The highest BCUT2D eigenvalue weighted by molar-refractivity contribution is 5.45. The molecule has 1 atom stereocenters. The summed E-state index contributed by atoms with van der Waals surface area (Å²) in [6, 6.07) is 8.52. The maximum absolute atomic E-state index is 13.9. The van der Waals surface area contributed by atoms with Crippen LogP contribution in [-0.4, -0.2) is 31.1 Å². The Labute approximate surface area is 118 Å². The van der Waals surface area contributed by atoms with Crippen LogP contribution < -0.4 is 9.80 Å². The van der Waals surface area contributed by atoms with E-state index in [1.807, 2.05) is 50.0 Å². The fourth-order valence-electron chi connectivity index (χ4n) is 1.97. The van der Waals surface area contributed by atoms with Gasteiger partial charge in [0.2, 0.25) is 5.95 Å². The summed E-state index contributed by atoms with van der Waals surface area (Å²) < 4.78 is 13.9. The summed E-state index contributed by atoms with van der Waals surface area (Å²) in [6.07, 6.45) is 1.71. The molecule has 106 valence electrons. The minimum absolute atomic E-state index is 0.110. The zero-order valence-electron chi connectivity index (χ0n) is 12.2.